The van der Waals surface area contributed by atoms with Gasteiger partial charge in [-0.05, 0) is 27.2 Å². The highest BCUT2D eigenvalue weighted by molar-refractivity contribution is 5.88. The lowest BCUT2D eigenvalue weighted by Crippen LogP contribution is -2.44. The number of hydrogen-bond acceptors (Lipinski definition) is 5. The van der Waals surface area contributed by atoms with Crippen LogP contribution in [-0.2, 0) is 19.1 Å². The molecular weight excluding hydrogens is 288 g/mol. The normalized spacial score (nSPS) is 18.0. The highest BCUT2D eigenvalue weighted by Gasteiger charge is 2.36. The molecule has 1 aliphatic heterocycles. The molecule has 0 bridgehead atoms. The first-order valence-corrected chi connectivity index (χ1v) is 7.28. The van der Waals surface area contributed by atoms with Crippen LogP contribution in [0.2, 0.25) is 0 Å². The SMILES string of the molecule is C=CCOC(=O)[C@@H]1CCC(=O)N1CCNC(=O)OC(C)(C)C. The number of ether oxygens (including phenoxy) is 2. The summed E-state index contributed by atoms with van der Waals surface area (Å²) in [5.41, 5.74) is -0.579. The summed E-state index contributed by atoms with van der Waals surface area (Å²) in [6.45, 7) is 9.35. The quantitative estimate of drug-likeness (QED) is 0.589. The Balaban J connectivity index is 2.44. The van der Waals surface area contributed by atoms with Crippen LogP contribution in [0, 0.1) is 0 Å². The molecule has 1 fully saturated rings. The highest BCUT2D eigenvalue weighted by atomic mass is 16.6. The number of carbonyl (C=O) groups is 3. The maximum atomic E-state index is 11.9. The first-order chi connectivity index (χ1) is 10.2. The van der Waals surface area contributed by atoms with Gasteiger partial charge in [0.15, 0.2) is 0 Å². The fourth-order valence-electron chi connectivity index (χ4n) is 2.09. The third-order valence-corrected chi connectivity index (χ3v) is 2.96. The van der Waals surface area contributed by atoms with E-state index in [0.717, 1.165) is 0 Å². The van der Waals surface area contributed by atoms with Gasteiger partial charge in [-0.1, -0.05) is 12.7 Å². The topological polar surface area (TPSA) is 84.9 Å². The Morgan fingerprint density at radius 2 is 2.14 bits per heavy atom. The van der Waals surface area contributed by atoms with Crippen LogP contribution in [0.5, 0.6) is 0 Å². The van der Waals surface area contributed by atoms with Crippen LogP contribution in [0.1, 0.15) is 33.6 Å². The lowest BCUT2D eigenvalue weighted by molar-refractivity contribution is -0.150. The number of esters is 1. The van der Waals surface area contributed by atoms with Gasteiger partial charge in [0.2, 0.25) is 5.91 Å². The van der Waals surface area contributed by atoms with Crippen molar-refractivity contribution in [2.75, 3.05) is 19.7 Å². The standard InChI is InChI=1S/C15H24N2O5/c1-5-10-21-13(19)11-6-7-12(18)17(11)9-8-16-14(20)22-15(2,3)4/h5,11H,1,6-10H2,2-4H3,(H,16,20)/t11-/m0/s1. The Morgan fingerprint density at radius 3 is 2.73 bits per heavy atom. The maximum Gasteiger partial charge on any atom is 0.407 e. The minimum atomic E-state index is -0.590. The van der Waals surface area contributed by atoms with E-state index in [1.807, 2.05) is 0 Å². The number of nitrogens with zero attached hydrogens (tertiary/aromatic N) is 1. The van der Waals surface area contributed by atoms with Gasteiger partial charge in [-0.2, -0.15) is 0 Å². The molecule has 1 atom stereocenters. The van der Waals surface area contributed by atoms with Crippen molar-refractivity contribution in [2.45, 2.75) is 45.3 Å². The lowest BCUT2D eigenvalue weighted by Gasteiger charge is -2.24. The molecule has 0 aromatic heterocycles. The molecular formula is C15H24N2O5. The van der Waals surface area contributed by atoms with Crippen LogP contribution >= 0.6 is 0 Å². The molecule has 1 rings (SSSR count). The second kappa shape index (κ2) is 7.82. The van der Waals surface area contributed by atoms with E-state index in [-0.39, 0.29) is 25.6 Å². The summed E-state index contributed by atoms with van der Waals surface area (Å²) in [6, 6.07) is -0.590. The third-order valence-electron chi connectivity index (χ3n) is 2.96. The van der Waals surface area contributed by atoms with Gasteiger partial charge in [-0.3, -0.25) is 4.79 Å². The summed E-state index contributed by atoms with van der Waals surface area (Å²) in [7, 11) is 0. The van der Waals surface area contributed by atoms with Crippen molar-refractivity contribution in [3.05, 3.63) is 12.7 Å². The predicted octanol–water partition coefficient (Wildman–Crippen LogP) is 1.23. The maximum absolute atomic E-state index is 11.9. The van der Waals surface area contributed by atoms with E-state index >= 15 is 0 Å². The molecule has 0 aliphatic carbocycles. The zero-order chi connectivity index (χ0) is 16.8. The minimum Gasteiger partial charge on any atom is -0.460 e. The van der Waals surface area contributed by atoms with Crippen LogP contribution in [-0.4, -0.2) is 54.2 Å². The number of alkyl carbamates (subject to hydrolysis) is 1. The van der Waals surface area contributed by atoms with E-state index in [1.165, 1.54) is 11.0 Å². The van der Waals surface area contributed by atoms with E-state index < -0.39 is 23.7 Å². The molecule has 1 aliphatic rings. The largest absolute Gasteiger partial charge is 0.460 e. The molecule has 7 nitrogen and oxygen atoms in total. The fourth-order valence-corrected chi connectivity index (χ4v) is 2.09. The van der Waals surface area contributed by atoms with Gasteiger partial charge in [0.05, 0.1) is 0 Å². The minimum absolute atomic E-state index is 0.119. The van der Waals surface area contributed by atoms with Crippen molar-refractivity contribution in [3.8, 4) is 0 Å². The molecule has 0 aromatic rings. The number of nitrogens with one attached hydrogen (secondary N) is 1. The molecule has 1 N–H and O–H groups in total. The number of carbonyl (C=O) groups excluding carboxylic acids is 3. The van der Waals surface area contributed by atoms with E-state index in [1.54, 1.807) is 20.8 Å². The first kappa shape index (κ1) is 18.0. The van der Waals surface area contributed by atoms with Crippen LogP contribution in [0.15, 0.2) is 12.7 Å². The third kappa shape index (κ3) is 5.75. The lowest BCUT2D eigenvalue weighted by atomic mass is 10.2. The molecule has 7 heteroatoms. The van der Waals surface area contributed by atoms with Crippen LogP contribution in [0.3, 0.4) is 0 Å². The molecule has 22 heavy (non-hydrogen) atoms. The Labute approximate surface area is 130 Å². The Bertz CT molecular complexity index is 442. The van der Waals surface area contributed by atoms with Gasteiger partial charge in [-0.15, -0.1) is 0 Å². The average Bonchev–Trinajstić information content (AvgIpc) is 2.76. The molecule has 0 spiro atoms. The summed E-state index contributed by atoms with van der Waals surface area (Å²) >= 11 is 0. The highest BCUT2D eigenvalue weighted by Crippen LogP contribution is 2.19. The summed E-state index contributed by atoms with van der Waals surface area (Å²) in [4.78, 5) is 36.7. The van der Waals surface area contributed by atoms with Crippen LogP contribution < -0.4 is 5.32 Å². The van der Waals surface area contributed by atoms with Crippen molar-refractivity contribution in [2.24, 2.45) is 0 Å². The summed E-state index contributed by atoms with van der Waals surface area (Å²) in [6.07, 6.45) is 1.66. The van der Waals surface area contributed by atoms with Crippen molar-refractivity contribution >= 4 is 18.0 Å². The van der Waals surface area contributed by atoms with Gasteiger partial charge in [0.25, 0.3) is 0 Å². The second-order valence-electron chi connectivity index (χ2n) is 5.99. The summed E-state index contributed by atoms with van der Waals surface area (Å²) < 4.78 is 10.1. The van der Waals surface area contributed by atoms with Gasteiger partial charge >= 0.3 is 12.1 Å². The fraction of sp³-hybridized carbons (Fsp3) is 0.667. The predicted molar refractivity (Wildman–Crippen MR) is 80.1 cm³/mol. The summed E-state index contributed by atoms with van der Waals surface area (Å²) in [5.74, 6) is -0.561. The Kier molecular flexibility index (Phi) is 6.39. The molecule has 1 saturated heterocycles. The molecule has 0 saturated carbocycles. The smallest absolute Gasteiger partial charge is 0.407 e. The molecule has 2 amide bonds. The van der Waals surface area contributed by atoms with E-state index in [9.17, 15) is 14.4 Å². The molecule has 124 valence electrons. The first-order valence-electron chi connectivity index (χ1n) is 7.28. The van der Waals surface area contributed by atoms with Crippen LogP contribution in [0.4, 0.5) is 4.79 Å². The molecule has 0 radical (unpaired) electrons. The number of rotatable bonds is 6. The van der Waals surface area contributed by atoms with Crippen molar-refractivity contribution < 1.29 is 23.9 Å². The van der Waals surface area contributed by atoms with Gasteiger partial charge in [-0.25, -0.2) is 9.59 Å². The second-order valence-corrected chi connectivity index (χ2v) is 5.99. The Morgan fingerprint density at radius 1 is 1.45 bits per heavy atom. The number of likely N-dealkylation sites (tertiary alicyclic amines) is 1. The van der Waals surface area contributed by atoms with E-state index in [4.69, 9.17) is 9.47 Å². The van der Waals surface area contributed by atoms with Gasteiger partial charge in [0.1, 0.15) is 18.2 Å². The Hall–Kier alpha value is -2.05. The van der Waals surface area contributed by atoms with E-state index in [0.29, 0.717) is 12.8 Å². The van der Waals surface area contributed by atoms with Gasteiger partial charge in [0, 0.05) is 19.5 Å². The number of hydrogen-bond donors (Lipinski definition) is 1. The molecule has 0 aromatic carbocycles. The van der Waals surface area contributed by atoms with Crippen molar-refractivity contribution in [1.29, 1.82) is 0 Å². The van der Waals surface area contributed by atoms with Gasteiger partial charge < -0.3 is 19.7 Å². The van der Waals surface area contributed by atoms with E-state index in [2.05, 4.69) is 11.9 Å². The zero-order valence-electron chi connectivity index (χ0n) is 13.4. The molecule has 0 unspecified atom stereocenters. The monoisotopic (exact) mass is 312 g/mol. The average molecular weight is 312 g/mol. The van der Waals surface area contributed by atoms with Crippen molar-refractivity contribution in [1.82, 2.24) is 10.2 Å². The molecule has 1 heterocycles. The summed E-state index contributed by atoms with van der Waals surface area (Å²) in [5, 5.41) is 2.57. The van der Waals surface area contributed by atoms with Crippen LogP contribution in [0.25, 0.3) is 0 Å². The number of amides is 2. The zero-order valence-corrected chi connectivity index (χ0v) is 13.4. The van der Waals surface area contributed by atoms with Crippen molar-refractivity contribution in [3.63, 3.8) is 0 Å².